The van der Waals surface area contributed by atoms with E-state index in [1.54, 1.807) is 18.0 Å². The molecule has 28 heavy (non-hydrogen) atoms. The number of nitrogens with one attached hydrogen (secondary N) is 1. The van der Waals surface area contributed by atoms with E-state index in [1.807, 2.05) is 12.1 Å². The van der Waals surface area contributed by atoms with Gasteiger partial charge in [0.05, 0.1) is 6.20 Å². The van der Waals surface area contributed by atoms with E-state index in [2.05, 4.69) is 39.2 Å². The predicted octanol–water partition coefficient (Wildman–Crippen LogP) is 4.04. The number of likely N-dealkylation sites (tertiary alicyclic amines) is 1. The molecule has 1 fully saturated rings. The van der Waals surface area contributed by atoms with Crippen LogP contribution >= 0.6 is 11.8 Å². The van der Waals surface area contributed by atoms with Gasteiger partial charge in [-0.25, -0.2) is 15.0 Å². The van der Waals surface area contributed by atoms with Gasteiger partial charge in [0.2, 0.25) is 0 Å². The molecule has 3 heterocycles. The molecule has 1 saturated heterocycles. The van der Waals surface area contributed by atoms with Crippen molar-refractivity contribution in [1.82, 2.24) is 20.2 Å². The number of aliphatic imine (C=N–C) groups is 1. The standard InChI is InChI=1S/C21H25N5OS/c1-2-3-11-22-20(27)16-14-23-21-18(24-16)25-19(26-12-7-4-8-13-26)15-9-5-6-10-17(15)28-21/h5-6,9-10,14H,2-4,7-8,11-13H2,1H3,(H,22,27). The summed E-state index contributed by atoms with van der Waals surface area (Å²) in [4.78, 5) is 29.9. The first-order valence-electron chi connectivity index (χ1n) is 10.0. The number of nitrogens with zero attached hydrogens (tertiary/aromatic N) is 4. The summed E-state index contributed by atoms with van der Waals surface area (Å²) in [6.07, 6.45) is 7.15. The van der Waals surface area contributed by atoms with E-state index in [-0.39, 0.29) is 5.91 Å². The molecule has 4 rings (SSSR count). The highest BCUT2D eigenvalue weighted by atomic mass is 32.2. The summed E-state index contributed by atoms with van der Waals surface area (Å²) in [6, 6.07) is 8.29. The van der Waals surface area contributed by atoms with Crippen LogP contribution in [0.4, 0.5) is 5.82 Å². The number of carbonyl (C=O) groups excluding carboxylic acids is 1. The number of rotatable bonds is 4. The number of piperidine rings is 1. The van der Waals surface area contributed by atoms with Gasteiger partial charge >= 0.3 is 0 Å². The van der Waals surface area contributed by atoms with Crippen LogP contribution in [0.5, 0.6) is 0 Å². The fourth-order valence-corrected chi connectivity index (χ4v) is 4.36. The van der Waals surface area contributed by atoms with Crippen LogP contribution in [0.15, 0.2) is 45.4 Å². The number of amides is 1. The van der Waals surface area contributed by atoms with Crippen LogP contribution in [-0.2, 0) is 0 Å². The average molecular weight is 396 g/mol. The Morgan fingerprint density at radius 1 is 1.21 bits per heavy atom. The van der Waals surface area contributed by atoms with Crippen molar-refractivity contribution < 1.29 is 4.79 Å². The highest BCUT2D eigenvalue weighted by Crippen LogP contribution is 2.38. The summed E-state index contributed by atoms with van der Waals surface area (Å²) in [5.41, 5.74) is 1.44. The lowest BCUT2D eigenvalue weighted by atomic mass is 10.1. The Hall–Kier alpha value is -2.41. The van der Waals surface area contributed by atoms with Gasteiger partial charge in [-0.15, -0.1) is 0 Å². The van der Waals surface area contributed by atoms with Crippen molar-refractivity contribution in [1.29, 1.82) is 0 Å². The van der Waals surface area contributed by atoms with E-state index in [9.17, 15) is 4.79 Å². The maximum absolute atomic E-state index is 12.4. The minimum absolute atomic E-state index is 0.190. The van der Waals surface area contributed by atoms with E-state index in [0.717, 1.165) is 47.3 Å². The lowest BCUT2D eigenvalue weighted by Crippen LogP contribution is -2.36. The molecule has 1 N–H and O–H groups in total. The van der Waals surface area contributed by atoms with Gasteiger partial charge in [-0.05, 0) is 31.7 Å². The summed E-state index contributed by atoms with van der Waals surface area (Å²) < 4.78 is 0. The molecule has 2 aliphatic rings. The van der Waals surface area contributed by atoms with Crippen LogP contribution in [0.2, 0.25) is 0 Å². The van der Waals surface area contributed by atoms with E-state index in [4.69, 9.17) is 4.99 Å². The van der Waals surface area contributed by atoms with Crippen molar-refractivity contribution in [3.63, 3.8) is 0 Å². The maximum atomic E-state index is 12.4. The van der Waals surface area contributed by atoms with Gasteiger partial charge in [-0.3, -0.25) is 4.79 Å². The van der Waals surface area contributed by atoms with Crippen LogP contribution in [0.25, 0.3) is 0 Å². The number of unbranched alkanes of at least 4 members (excludes halogenated alkanes) is 1. The van der Waals surface area contributed by atoms with Crippen LogP contribution in [-0.4, -0.2) is 46.2 Å². The molecule has 0 aliphatic carbocycles. The molecule has 0 spiro atoms. The molecule has 0 saturated carbocycles. The number of carbonyl (C=O) groups is 1. The predicted molar refractivity (Wildman–Crippen MR) is 111 cm³/mol. The summed E-state index contributed by atoms with van der Waals surface area (Å²) in [6.45, 7) is 4.74. The highest BCUT2D eigenvalue weighted by molar-refractivity contribution is 7.99. The van der Waals surface area contributed by atoms with Gasteiger partial charge in [0.1, 0.15) is 16.6 Å². The fourth-order valence-electron chi connectivity index (χ4n) is 3.44. The molecule has 2 aliphatic heterocycles. The lowest BCUT2D eigenvalue weighted by molar-refractivity contribution is 0.0947. The van der Waals surface area contributed by atoms with Gasteiger partial charge in [0, 0.05) is 30.1 Å². The van der Waals surface area contributed by atoms with E-state index < -0.39 is 0 Å². The molecule has 1 aromatic carbocycles. The molecule has 2 aromatic rings. The molecule has 0 atom stereocenters. The van der Waals surface area contributed by atoms with Gasteiger partial charge in [0.15, 0.2) is 5.82 Å². The SMILES string of the molecule is CCCCNC(=O)c1cnc2c(n1)N=C(N1CCCCC1)c1ccccc1S2. The number of aromatic nitrogens is 2. The molecular weight excluding hydrogens is 370 g/mol. The summed E-state index contributed by atoms with van der Waals surface area (Å²) in [5, 5.41) is 3.65. The first kappa shape index (κ1) is 18.9. The van der Waals surface area contributed by atoms with Crippen LogP contribution in [0, 0.1) is 0 Å². The largest absolute Gasteiger partial charge is 0.356 e. The third-order valence-corrected chi connectivity index (χ3v) is 6.03. The zero-order valence-corrected chi connectivity index (χ0v) is 17.0. The van der Waals surface area contributed by atoms with Crippen LogP contribution < -0.4 is 5.32 Å². The number of hydrogen-bond acceptors (Lipinski definition) is 6. The van der Waals surface area contributed by atoms with Crippen LogP contribution in [0.3, 0.4) is 0 Å². The summed E-state index contributed by atoms with van der Waals surface area (Å²) >= 11 is 1.57. The number of hydrogen-bond donors (Lipinski definition) is 1. The minimum atomic E-state index is -0.190. The third kappa shape index (κ3) is 4.04. The van der Waals surface area contributed by atoms with Crippen molar-refractivity contribution in [2.45, 2.75) is 48.9 Å². The van der Waals surface area contributed by atoms with E-state index in [1.165, 1.54) is 19.3 Å². The Bertz CT molecular complexity index is 892. The monoisotopic (exact) mass is 395 g/mol. The number of amidine groups is 1. The fraction of sp³-hybridized carbons (Fsp3) is 0.429. The van der Waals surface area contributed by atoms with Crippen molar-refractivity contribution in [2.75, 3.05) is 19.6 Å². The normalized spacial score (nSPS) is 15.9. The second kappa shape index (κ2) is 8.73. The zero-order chi connectivity index (χ0) is 19.3. The first-order valence-corrected chi connectivity index (χ1v) is 10.8. The Labute approximate surface area is 169 Å². The van der Waals surface area contributed by atoms with Crippen molar-refractivity contribution in [3.8, 4) is 0 Å². The smallest absolute Gasteiger partial charge is 0.271 e. The number of benzene rings is 1. The molecular formula is C21H25N5OS. The Morgan fingerprint density at radius 2 is 2.04 bits per heavy atom. The van der Waals surface area contributed by atoms with Gasteiger partial charge < -0.3 is 10.2 Å². The quantitative estimate of drug-likeness (QED) is 0.792. The molecule has 0 radical (unpaired) electrons. The molecule has 1 amide bonds. The molecule has 146 valence electrons. The van der Waals surface area contributed by atoms with Gasteiger partial charge in [-0.2, -0.15) is 0 Å². The highest BCUT2D eigenvalue weighted by Gasteiger charge is 2.25. The Balaban J connectivity index is 1.70. The Morgan fingerprint density at radius 3 is 2.86 bits per heavy atom. The summed E-state index contributed by atoms with van der Waals surface area (Å²) in [7, 11) is 0. The van der Waals surface area contributed by atoms with Gasteiger partial charge in [-0.1, -0.05) is 43.3 Å². The van der Waals surface area contributed by atoms with Crippen molar-refractivity contribution in [3.05, 3.63) is 41.7 Å². The molecule has 7 heteroatoms. The van der Waals surface area contributed by atoms with Crippen molar-refractivity contribution >= 4 is 29.3 Å². The summed E-state index contributed by atoms with van der Waals surface area (Å²) in [5.74, 6) is 1.29. The molecule has 1 aromatic heterocycles. The molecule has 6 nitrogen and oxygen atoms in total. The molecule has 0 unspecified atom stereocenters. The second-order valence-electron chi connectivity index (χ2n) is 7.07. The van der Waals surface area contributed by atoms with Gasteiger partial charge in [0.25, 0.3) is 5.91 Å². The zero-order valence-electron chi connectivity index (χ0n) is 16.1. The topological polar surface area (TPSA) is 70.5 Å². The van der Waals surface area contributed by atoms with Crippen molar-refractivity contribution in [2.24, 2.45) is 4.99 Å². The van der Waals surface area contributed by atoms with E-state index >= 15 is 0 Å². The molecule has 0 bridgehead atoms. The van der Waals surface area contributed by atoms with E-state index in [0.29, 0.717) is 18.1 Å². The second-order valence-corrected chi connectivity index (χ2v) is 8.11. The first-order chi connectivity index (χ1) is 13.8. The third-order valence-electron chi connectivity index (χ3n) is 4.97. The maximum Gasteiger partial charge on any atom is 0.271 e. The lowest BCUT2D eigenvalue weighted by Gasteiger charge is -2.30. The van der Waals surface area contributed by atoms with Crippen LogP contribution in [0.1, 0.15) is 55.1 Å². The number of fused-ring (bicyclic) bond motifs is 2. The Kier molecular flexibility index (Phi) is 5.90. The average Bonchev–Trinajstić information content (AvgIpc) is 2.90. The minimum Gasteiger partial charge on any atom is -0.356 e.